The standard InChI is InChI=1S/C17H31N/c1-4-7-8-9-10-11-12-13-16(5-2)14-17(6-3)15-18/h7-8,16-17H,4-6,9-14H2,1-3H3. The third kappa shape index (κ3) is 9.28. The predicted octanol–water partition coefficient (Wildman–Crippen LogP) is 5.87. The summed E-state index contributed by atoms with van der Waals surface area (Å²) in [5.41, 5.74) is 0. The van der Waals surface area contributed by atoms with Crippen LogP contribution in [0.15, 0.2) is 12.2 Å². The third-order valence-corrected chi connectivity index (χ3v) is 3.76. The largest absolute Gasteiger partial charge is 0.198 e. The Morgan fingerprint density at radius 1 is 1.00 bits per heavy atom. The molecule has 0 saturated carbocycles. The van der Waals surface area contributed by atoms with Gasteiger partial charge in [-0.25, -0.2) is 0 Å². The van der Waals surface area contributed by atoms with E-state index in [4.69, 9.17) is 5.26 Å². The summed E-state index contributed by atoms with van der Waals surface area (Å²) in [7, 11) is 0. The first kappa shape index (κ1) is 17.2. The van der Waals surface area contributed by atoms with E-state index in [0.717, 1.165) is 25.2 Å². The summed E-state index contributed by atoms with van der Waals surface area (Å²) in [5, 5.41) is 9.00. The first-order valence-corrected chi connectivity index (χ1v) is 7.82. The molecule has 0 aliphatic rings. The van der Waals surface area contributed by atoms with Gasteiger partial charge in [0.25, 0.3) is 0 Å². The maximum Gasteiger partial charge on any atom is 0.0655 e. The lowest BCUT2D eigenvalue weighted by molar-refractivity contribution is 0.367. The molecule has 18 heavy (non-hydrogen) atoms. The van der Waals surface area contributed by atoms with E-state index in [-0.39, 0.29) is 5.92 Å². The van der Waals surface area contributed by atoms with Gasteiger partial charge in [0.1, 0.15) is 0 Å². The molecule has 0 aromatic heterocycles. The van der Waals surface area contributed by atoms with E-state index in [1.165, 1.54) is 38.5 Å². The molecule has 0 heterocycles. The number of nitrogens with zero attached hydrogens (tertiary/aromatic N) is 1. The molecule has 1 nitrogen and oxygen atoms in total. The molecule has 104 valence electrons. The van der Waals surface area contributed by atoms with Crippen LogP contribution in [0, 0.1) is 23.2 Å². The lowest BCUT2D eigenvalue weighted by atomic mass is 9.88. The van der Waals surface area contributed by atoms with Gasteiger partial charge in [0.2, 0.25) is 0 Å². The normalized spacial score (nSPS) is 14.6. The van der Waals surface area contributed by atoms with Crippen molar-refractivity contribution < 1.29 is 0 Å². The van der Waals surface area contributed by atoms with Crippen molar-refractivity contribution in [3.63, 3.8) is 0 Å². The van der Waals surface area contributed by atoms with E-state index in [9.17, 15) is 0 Å². The summed E-state index contributed by atoms with van der Waals surface area (Å²) >= 11 is 0. The number of allylic oxidation sites excluding steroid dienone is 2. The minimum atomic E-state index is 0.280. The van der Waals surface area contributed by atoms with Crippen molar-refractivity contribution in [2.45, 2.75) is 78.6 Å². The zero-order valence-electron chi connectivity index (χ0n) is 12.6. The Balaban J connectivity index is 3.62. The molecule has 0 aliphatic heterocycles. The van der Waals surface area contributed by atoms with E-state index in [1.807, 2.05) is 0 Å². The van der Waals surface area contributed by atoms with Gasteiger partial charge in [-0.05, 0) is 38.0 Å². The average Bonchev–Trinajstić information content (AvgIpc) is 2.41. The van der Waals surface area contributed by atoms with Crippen LogP contribution in [0.3, 0.4) is 0 Å². The van der Waals surface area contributed by atoms with Gasteiger partial charge in [0.05, 0.1) is 6.07 Å². The smallest absolute Gasteiger partial charge is 0.0655 e. The Morgan fingerprint density at radius 2 is 1.78 bits per heavy atom. The molecule has 0 spiro atoms. The van der Waals surface area contributed by atoms with Crippen LogP contribution >= 0.6 is 0 Å². The van der Waals surface area contributed by atoms with Gasteiger partial charge in [0.15, 0.2) is 0 Å². The summed E-state index contributed by atoms with van der Waals surface area (Å²) in [4.78, 5) is 0. The number of rotatable bonds is 11. The lowest BCUT2D eigenvalue weighted by Crippen LogP contribution is -2.06. The highest BCUT2D eigenvalue weighted by molar-refractivity contribution is 4.83. The fourth-order valence-electron chi connectivity index (χ4n) is 2.36. The second-order valence-electron chi connectivity index (χ2n) is 5.26. The van der Waals surface area contributed by atoms with Gasteiger partial charge >= 0.3 is 0 Å². The van der Waals surface area contributed by atoms with Crippen LogP contribution in [-0.4, -0.2) is 0 Å². The molecule has 1 heteroatoms. The highest BCUT2D eigenvalue weighted by Crippen LogP contribution is 2.23. The van der Waals surface area contributed by atoms with Crippen molar-refractivity contribution in [2.75, 3.05) is 0 Å². The molecular weight excluding hydrogens is 218 g/mol. The lowest BCUT2D eigenvalue weighted by Gasteiger charge is -2.17. The van der Waals surface area contributed by atoms with Crippen molar-refractivity contribution in [3.05, 3.63) is 12.2 Å². The Kier molecular flexibility index (Phi) is 12.1. The Hall–Kier alpha value is -0.770. The number of unbranched alkanes of at least 4 members (excludes halogenated alkanes) is 3. The number of hydrogen-bond acceptors (Lipinski definition) is 1. The second-order valence-corrected chi connectivity index (χ2v) is 5.26. The van der Waals surface area contributed by atoms with Gasteiger partial charge in [-0.3, -0.25) is 0 Å². The molecule has 2 atom stereocenters. The van der Waals surface area contributed by atoms with E-state index < -0.39 is 0 Å². The summed E-state index contributed by atoms with van der Waals surface area (Å²) in [6, 6.07) is 2.43. The monoisotopic (exact) mass is 249 g/mol. The Labute approximate surface area is 114 Å². The molecule has 0 aromatic carbocycles. The van der Waals surface area contributed by atoms with E-state index in [2.05, 4.69) is 39.0 Å². The van der Waals surface area contributed by atoms with Crippen molar-refractivity contribution in [1.29, 1.82) is 5.26 Å². The van der Waals surface area contributed by atoms with E-state index in [1.54, 1.807) is 0 Å². The van der Waals surface area contributed by atoms with Crippen LogP contribution in [-0.2, 0) is 0 Å². The van der Waals surface area contributed by atoms with Gasteiger partial charge in [-0.2, -0.15) is 5.26 Å². The molecule has 0 aliphatic carbocycles. The second kappa shape index (κ2) is 12.7. The van der Waals surface area contributed by atoms with Gasteiger partial charge in [-0.15, -0.1) is 0 Å². The molecular formula is C17H31N. The van der Waals surface area contributed by atoms with Gasteiger partial charge in [0, 0.05) is 5.92 Å². The quantitative estimate of drug-likeness (QED) is 0.332. The molecule has 0 N–H and O–H groups in total. The highest BCUT2D eigenvalue weighted by Gasteiger charge is 2.12. The minimum Gasteiger partial charge on any atom is -0.198 e. The minimum absolute atomic E-state index is 0.280. The molecule has 0 saturated heterocycles. The fraction of sp³-hybridized carbons (Fsp3) is 0.824. The molecule has 0 rings (SSSR count). The summed E-state index contributed by atoms with van der Waals surface area (Å²) in [5.74, 6) is 1.04. The van der Waals surface area contributed by atoms with Gasteiger partial charge < -0.3 is 0 Å². The zero-order chi connectivity index (χ0) is 13.6. The van der Waals surface area contributed by atoms with Crippen LogP contribution in [0.2, 0.25) is 0 Å². The first-order valence-electron chi connectivity index (χ1n) is 7.82. The van der Waals surface area contributed by atoms with Crippen molar-refractivity contribution in [3.8, 4) is 6.07 Å². The predicted molar refractivity (Wildman–Crippen MR) is 80.3 cm³/mol. The van der Waals surface area contributed by atoms with Gasteiger partial charge in [-0.1, -0.05) is 58.6 Å². The van der Waals surface area contributed by atoms with Crippen LogP contribution in [0.25, 0.3) is 0 Å². The first-order chi connectivity index (χ1) is 8.78. The maximum atomic E-state index is 9.00. The average molecular weight is 249 g/mol. The Bertz CT molecular complexity index is 236. The molecule has 0 amide bonds. The number of nitriles is 1. The van der Waals surface area contributed by atoms with Crippen LogP contribution in [0.4, 0.5) is 0 Å². The summed E-state index contributed by atoms with van der Waals surface area (Å²) in [6.45, 7) is 6.57. The molecule has 0 aromatic rings. The van der Waals surface area contributed by atoms with Crippen LogP contribution < -0.4 is 0 Å². The topological polar surface area (TPSA) is 23.8 Å². The highest BCUT2D eigenvalue weighted by atomic mass is 14.3. The van der Waals surface area contributed by atoms with Crippen molar-refractivity contribution >= 4 is 0 Å². The molecule has 0 fully saturated rings. The third-order valence-electron chi connectivity index (χ3n) is 3.76. The van der Waals surface area contributed by atoms with Crippen LogP contribution in [0.5, 0.6) is 0 Å². The summed E-state index contributed by atoms with van der Waals surface area (Å²) in [6.07, 6.45) is 15.6. The maximum absolute atomic E-state index is 9.00. The zero-order valence-corrected chi connectivity index (χ0v) is 12.6. The van der Waals surface area contributed by atoms with Crippen molar-refractivity contribution in [2.24, 2.45) is 11.8 Å². The van der Waals surface area contributed by atoms with Crippen molar-refractivity contribution in [1.82, 2.24) is 0 Å². The van der Waals surface area contributed by atoms with E-state index in [0.29, 0.717) is 0 Å². The molecule has 0 radical (unpaired) electrons. The SMILES string of the molecule is CCC=CCCCCCC(CC)CC(C#N)CC. The molecule has 2 unspecified atom stereocenters. The molecule has 0 bridgehead atoms. The van der Waals surface area contributed by atoms with E-state index >= 15 is 0 Å². The van der Waals surface area contributed by atoms with Crippen LogP contribution in [0.1, 0.15) is 78.6 Å². The fourth-order valence-corrected chi connectivity index (χ4v) is 2.36. The Morgan fingerprint density at radius 3 is 2.33 bits per heavy atom. The number of hydrogen-bond donors (Lipinski definition) is 0. The summed E-state index contributed by atoms with van der Waals surface area (Å²) < 4.78 is 0.